The molecule has 0 aromatic rings. The van der Waals surface area contributed by atoms with Gasteiger partial charge in [0.15, 0.2) is 0 Å². The fourth-order valence-corrected chi connectivity index (χ4v) is 2.91. The van der Waals surface area contributed by atoms with Gasteiger partial charge in [-0.05, 0) is 25.0 Å². The molecular formula is C12H25NO2S. The molecule has 3 nitrogen and oxygen atoms in total. The Morgan fingerprint density at radius 3 is 2.75 bits per heavy atom. The minimum Gasteiger partial charge on any atom is -0.396 e. The Balaban J connectivity index is 2.01. The molecule has 1 aliphatic rings. The lowest BCUT2D eigenvalue weighted by Gasteiger charge is -2.21. The molecule has 4 heteroatoms. The molecule has 0 bridgehead atoms. The van der Waals surface area contributed by atoms with Crippen molar-refractivity contribution < 1.29 is 10.2 Å². The largest absolute Gasteiger partial charge is 0.396 e. The van der Waals surface area contributed by atoms with Crippen LogP contribution in [-0.2, 0) is 0 Å². The maximum atomic E-state index is 9.89. The van der Waals surface area contributed by atoms with Gasteiger partial charge in [-0.25, -0.2) is 0 Å². The Morgan fingerprint density at radius 2 is 1.94 bits per heavy atom. The average molecular weight is 247 g/mol. The van der Waals surface area contributed by atoms with Crippen LogP contribution in [0, 0.1) is 0 Å². The van der Waals surface area contributed by atoms with Gasteiger partial charge >= 0.3 is 0 Å². The second-order valence-electron chi connectivity index (χ2n) is 4.46. The highest BCUT2D eigenvalue weighted by Crippen LogP contribution is 2.17. The van der Waals surface area contributed by atoms with Crippen molar-refractivity contribution in [3.63, 3.8) is 0 Å². The summed E-state index contributed by atoms with van der Waals surface area (Å²) in [5, 5.41) is 22.0. The van der Waals surface area contributed by atoms with Crippen LogP contribution < -0.4 is 5.32 Å². The first kappa shape index (κ1) is 14.3. The van der Waals surface area contributed by atoms with E-state index in [0.29, 0.717) is 12.6 Å². The van der Waals surface area contributed by atoms with Crippen LogP contribution in [0.25, 0.3) is 0 Å². The summed E-state index contributed by atoms with van der Waals surface area (Å²) in [5.74, 6) is 2.11. The van der Waals surface area contributed by atoms with Crippen LogP contribution in [0.1, 0.15) is 38.5 Å². The predicted octanol–water partition coefficient (Wildman–Crippen LogP) is 1.39. The summed E-state index contributed by atoms with van der Waals surface area (Å²) in [6.45, 7) is 1.26. The molecule has 0 aliphatic heterocycles. The van der Waals surface area contributed by atoms with E-state index in [1.54, 1.807) is 0 Å². The summed E-state index contributed by atoms with van der Waals surface area (Å²) >= 11 is 1.87. The zero-order chi connectivity index (χ0) is 11.6. The SMILES string of the molecule is OCCCSCCNC1CCCCCC1O. The maximum Gasteiger partial charge on any atom is 0.0693 e. The molecule has 3 N–H and O–H groups in total. The molecule has 2 unspecified atom stereocenters. The molecule has 0 heterocycles. The molecule has 0 saturated heterocycles. The third-order valence-electron chi connectivity index (χ3n) is 3.08. The Kier molecular flexibility index (Phi) is 8.29. The number of aliphatic hydroxyl groups is 2. The summed E-state index contributed by atoms with van der Waals surface area (Å²) in [7, 11) is 0. The zero-order valence-electron chi connectivity index (χ0n) is 10.0. The highest BCUT2D eigenvalue weighted by Gasteiger charge is 2.20. The van der Waals surface area contributed by atoms with E-state index < -0.39 is 0 Å². The Hall–Kier alpha value is 0.230. The van der Waals surface area contributed by atoms with E-state index in [9.17, 15) is 5.11 Å². The second-order valence-corrected chi connectivity index (χ2v) is 5.68. The van der Waals surface area contributed by atoms with Gasteiger partial charge < -0.3 is 15.5 Å². The zero-order valence-corrected chi connectivity index (χ0v) is 10.8. The van der Waals surface area contributed by atoms with E-state index in [2.05, 4.69) is 5.32 Å². The lowest BCUT2D eigenvalue weighted by molar-refractivity contribution is 0.121. The highest BCUT2D eigenvalue weighted by molar-refractivity contribution is 7.99. The fourth-order valence-electron chi connectivity index (χ4n) is 2.11. The van der Waals surface area contributed by atoms with Crippen molar-refractivity contribution in [2.75, 3.05) is 24.7 Å². The molecule has 1 fully saturated rings. The smallest absolute Gasteiger partial charge is 0.0693 e. The standard InChI is InChI=1S/C12H25NO2S/c14-8-4-9-16-10-7-13-11-5-2-1-3-6-12(11)15/h11-15H,1-10H2. The van der Waals surface area contributed by atoms with E-state index in [4.69, 9.17) is 5.11 Å². The van der Waals surface area contributed by atoms with Crippen molar-refractivity contribution in [3.8, 4) is 0 Å². The van der Waals surface area contributed by atoms with E-state index in [-0.39, 0.29) is 6.10 Å². The van der Waals surface area contributed by atoms with Crippen LogP contribution in [0.5, 0.6) is 0 Å². The molecule has 1 saturated carbocycles. The summed E-state index contributed by atoms with van der Waals surface area (Å²) in [4.78, 5) is 0. The van der Waals surface area contributed by atoms with Gasteiger partial charge in [-0.2, -0.15) is 11.8 Å². The van der Waals surface area contributed by atoms with E-state index in [1.807, 2.05) is 11.8 Å². The minimum atomic E-state index is -0.148. The highest BCUT2D eigenvalue weighted by atomic mass is 32.2. The van der Waals surface area contributed by atoms with Gasteiger partial charge in [-0.1, -0.05) is 19.3 Å². The van der Waals surface area contributed by atoms with E-state index in [1.165, 1.54) is 19.3 Å². The van der Waals surface area contributed by atoms with Gasteiger partial charge in [-0.15, -0.1) is 0 Å². The van der Waals surface area contributed by atoms with Crippen molar-refractivity contribution >= 4 is 11.8 Å². The second kappa shape index (κ2) is 9.28. The molecule has 2 atom stereocenters. The molecule has 1 rings (SSSR count). The molecule has 1 aliphatic carbocycles. The number of rotatable bonds is 7. The summed E-state index contributed by atoms with van der Waals surface area (Å²) in [6.07, 6.45) is 6.48. The van der Waals surface area contributed by atoms with Crippen LogP contribution in [0.2, 0.25) is 0 Å². The Morgan fingerprint density at radius 1 is 1.12 bits per heavy atom. The van der Waals surface area contributed by atoms with E-state index >= 15 is 0 Å². The lowest BCUT2D eigenvalue weighted by atomic mass is 10.1. The molecule has 96 valence electrons. The summed E-state index contributed by atoms with van der Waals surface area (Å²) in [5.41, 5.74) is 0. The van der Waals surface area contributed by atoms with Gasteiger partial charge in [0.25, 0.3) is 0 Å². The molecule has 0 spiro atoms. The van der Waals surface area contributed by atoms with Crippen LogP contribution in [0.4, 0.5) is 0 Å². The summed E-state index contributed by atoms with van der Waals surface area (Å²) < 4.78 is 0. The number of aliphatic hydroxyl groups excluding tert-OH is 2. The van der Waals surface area contributed by atoms with Crippen molar-refractivity contribution in [2.45, 2.75) is 50.7 Å². The molecule has 0 radical (unpaired) electrons. The van der Waals surface area contributed by atoms with Crippen molar-refractivity contribution in [2.24, 2.45) is 0 Å². The van der Waals surface area contributed by atoms with Crippen LogP contribution in [0.15, 0.2) is 0 Å². The van der Waals surface area contributed by atoms with Crippen molar-refractivity contribution in [1.29, 1.82) is 0 Å². The third kappa shape index (κ3) is 6.09. The predicted molar refractivity (Wildman–Crippen MR) is 69.9 cm³/mol. The minimum absolute atomic E-state index is 0.148. The first-order valence-electron chi connectivity index (χ1n) is 6.44. The normalized spacial score (nSPS) is 26.6. The van der Waals surface area contributed by atoms with Crippen molar-refractivity contribution in [1.82, 2.24) is 5.32 Å². The lowest BCUT2D eigenvalue weighted by Crippen LogP contribution is -2.40. The monoisotopic (exact) mass is 247 g/mol. The van der Waals surface area contributed by atoms with Crippen molar-refractivity contribution in [3.05, 3.63) is 0 Å². The quantitative estimate of drug-likeness (QED) is 0.470. The number of thioether (sulfide) groups is 1. The van der Waals surface area contributed by atoms with Crippen LogP contribution in [-0.4, -0.2) is 47.0 Å². The van der Waals surface area contributed by atoms with Gasteiger partial charge in [0.2, 0.25) is 0 Å². The Bertz CT molecular complexity index is 169. The number of hydrogen-bond donors (Lipinski definition) is 3. The molecule has 0 aromatic carbocycles. The maximum absolute atomic E-state index is 9.89. The first-order chi connectivity index (χ1) is 7.84. The van der Waals surface area contributed by atoms with Gasteiger partial charge in [0.05, 0.1) is 6.10 Å². The number of hydrogen-bond acceptors (Lipinski definition) is 4. The van der Waals surface area contributed by atoms with Crippen LogP contribution >= 0.6 is 11.8 Å². The third-order valence-corrected chi connectivity index (χ3v) is 4.15. The fraction of sp³-hybridized carbons (Fsp3) is 1.00. The summed E-state index contributed by atoms with van der Waals surface area (Å²) in [6, 6.07) is 0.306. The number of nitrogens with one attached hydrogen (secondary N) is 1. The van der Waals surface area contributed by atoms with Gasteiger partial charge in [0, 0.05) is 24.9 Å². The molecular weight excluding hydrogens is 222 g/mol. The molecule has 16 heavy (non-hydrogen) atoms. The molecule has 0 aromatic heterocycles. The average Bonchev–Trinajstić information content (AvgIpc) is 2.49. The molecule has 0 amide bonds. The van der Waals surface area contributed by atoms with E-state index in [0.717, 1.165) is 37.3 Å². The topological polar surface area (TPSA) is 52.5 Å². The van der Waals surface area contributed by atoms with Gasteiger partial charge in [0.1, 0.15) is 0 Å². The van der Waals surface area contributed by atoms with Gasteiger partial charge in [-0.3, -0.25) is 0 Å². The Labute approximate surface area is 103 Å². The van der Waals surface area contributed by atoms with Crippen LogP contribution in [0.3, 0.4) is 0 Å². The first-order valence-corrected chi connectivity index (χ1v) is 7.60.